The van der Waals surface area contributed by atoms with E-state index in [1.54, 1.807) is 12.1 Å². The number of hydrogen-bond acceptors (Lipinski definition) is 2. The number of rotatable bonds is 3. The van der Waals surface area contributed by atoms with E-state index in [4.69, 9.17) is 23.2 Å². The van der Waals surface area contributed by atoms with Crippen LogP contribution >= 0.6 is 23.2 Å². The Hall–Kier alpha value is -0.770. The highest BCUT2D eigenvalue weighted by Gasteiger charge is 2.49. The van der Waals surface area contributed by atoms with Gasteiger partial charge < -0.3 is 10.6 Å². The van der Waals surface area contributed by atoms with Gasteiger partial charge in [-0.15, -0.1) is 0 Å². The highest BCUT2D eigenvalue weighted by atomic mass is 35.5. The molecule has 1 spiro atoms. The van der Waals surface area contributed by atoms with Crippen molar-refractivity contribution in [2.75, 3.05) is 13.1 Å². The summed E-state index contributed by atoms with van der Waals surface area (Å²) in [6, 6.07) is 5.42. The number of hydrogen-bond donors (Lipinski definition) is 2. The largest absolute Gasteiger partial charge is 0.347 e. The van der Waals surface area contributed by atoms with Gasteiger partial charge >= 0.3 is 0 Å². The van der Waals surface area contributed by atoms with Crippen LogP contribution in [-0.4, -0.2) is 19.0 Å². The van der Waals surface area contributed by atoms with Crippen molar-refractivity contribution >= 4 is 29.1 Å². The minimum atomic E-state index is -0.580. The molecule has 2 N–H and O–H groups in total. The van der Waals surface area contributed by atoms with Crippen molar-refractivity contribution < 1.29 is 4.79 Å². The Morgan fingerprint density at radius 2 is 1.95 bits per heavy atom. The van der Waals surface area contributed by atoms with E-state index in [0.717, 1.165) is 31.5 Å². The average Bonchev–Trinajstić information content (AvgIpc) is 2.85. The highest BCUT2D eigenvalue weighted by Crippen LogP contribution is 2.50. The minimum Gasteiger partial charge on any atom is -0.347 e. The summed E-state index contributed by atoms with van der Waals surface area (Å²) in [6.07, 6.45) is 3.16. The van der Waals surface area contributed by atoms with E-state index >= 15 is 0 Å². The molecule has 0 unspecified atom stereocenters. The first kappa shape index (κ1) is 16.1. The molecule has 0 bridgehead atoms. The zero-order valence-corrected chi connectivity index (χ0v) is 14.5. The van der Waals surface area contributed by atoms with E-state index in [-0.39, 0.29) is 11.8 Å². The van der Waals surface area contributed by atoms with E-state index in [2.05, 4.69) is 10.6 Å². The summed E-state index contributed by atoms with van der Waals surface area (Å²) in [4.78, 5) is 12.6. The molecule has 22 heavy (non-hydrogen) atoms. The number of amides is 1. The maximum atomic E-state index is 12.6. The van der Waals surface area contributed by atoms with Gasteiger partial charge in [0, 0.05) is 28.1 Å². The van der Waals surface area contributed by atoms with Gasteiger partial charge in [0.25, 0.3) is 0 Å². The van der Waals surface area contributed by atoms with Gasteiger partial charge in [-0.1, -0.05) is 29.3 Å². The van der Waals surface area contributed by atoms with Crippen LogP contribution in [0, 0.1) is 11.3 Å². The topological polar surface area (TPSA) is 41.1 Å². The van der Waals surface area contributed by atoms with Gasteiger partial charge in [-0.05, 0) is 57.2 Å². The molecule has 1 heterocycles. The normalized spacial score (nSPS) is 27.7. The maximum absolute atomic E-state index is 12.6. The summed E-state index contributed by atoms with van der Waals surface area (Å²) in [6.45, 7) is 6.03. The van der Waals surface area contributed by atoms with Crippen LogP contribution in [0.4, 0.5) is 0 Å². The number of nitrogens with one attached hydrogen (secondary N) is 2. The molecule has 1 aliphatic carbocycles. The molecule has 2 fully saturated rings. The standard InChI is InChI=1S/C17H22Cl2N2O/c1-16(2,14-12(18)4-3-5-13(14)19)21-15(22)11-8-17(9-11)6-7-20-10-17/h3-5,11,20H,6-10H2,1-2H3,(H,21,22). The Bertz CT molecular complexity index is 566. The second-order valence-electron chi connectivity index (χ2n) is 7.24. The summed E-state index contributed by atoms with van der Waals surface area (Å²) in [5, 5.41) is 7.70. The SMILES string of the molecule is CC(C)(NC(=O)C1CC2(CCNC2)C1)c1c(Cl)cccc1Cl. The Morgan fingerprint density at radius 1 is 1.32 bits per heavy atom. The van der Waals surface area contributed by atoms with E-state index in [9.17, 15) is 4.79 Å². The van der Waals surface area contributed by atoms with Crippen LogP contribution in [0.2, 0.25) is 10.0 Å². The molecular formula is C17H22Cl2N2O. The third-order valence-electron chi connectivity index (χ3n) is 5.09. The molecule has 1 saturated carbocycles. The van der Waals surface area contributed by atoms with Crippen LogP contribution in [-0.2, 0) is 10.3 Å². The van der Waals surface area contributed by atoms with Crippen LogP contribution in [0.5, 0.6) is 0 Å². The van der Waals surface area contributed by atoms with E-state index in [0.29, 0.717) is 15.5 Å². The van der Waals surface area contributed by atoms with Crippen molar-refractivity contribution in [3.63, 3.8) is 0 Å². The van der Waals surface area contributed by atoms with Crippen LogP contribution in [0.3, 0.4) is 0 Å². The lowest BCUT2D eigenvalue weighted by Crippen LogP contribution is -2.51. The van der Waals surface area contributed by atoms with Crippen molar-refractivity contribution in [3.8, 4) is 0 Å². The fraction of sp³-hybridized carbons (Fsp3) is 0.588. The fourth-order valence-electron chi connectivity index (χ4n) is 3.88. The fourth-order valence-corrected chi connectivity index (χ4v) is 4.75. The highest BCUT2D eigenvalue weighted by molar-refractivity contribution is 6.36. The predicted molar refractivity (Wildman–Crippen MR) is 90.3 cm³/mol. The second-order valence-corrected chi connectivity index (χ2v) is 8.06. The third kappa shape index (κ3) is 2.86. The first-order valence-electron chi connectivity index (χ1n) is 7.80. The van der Waals surface area contributed by atoms with Crippen LogP contribution in [0.1, 0.15) is 38.7 Å². The Kier molecular flexibility index (Phi) is 4.17. The van der Waals surface area contributed by atoms with Gasteiger partial charge in [0.1, 0.15) is 0 Å². The molecule has 1 aromatic rings. The van der Waals surface area contributed by atoms with Crippen molar-refractivity contribution in [2.24, 2.45) is 11.3 Å². The Labute approximate surface area is 141 Å². The average molecular weight is 341 g/mol. The van der Waals surface area contributed by atoms with Gasteiger partial charge in [-0.25, -0.2) is 0 Å². The molecular weight excluding hydrogens is 319 g/mol. The van der Waals surface area contributed by atoms with E-state index in [1.807, 2.05) is 19.9 Å². The van der Waals surface area contributed by atoms with Crippen molar-refractivity contribution in [2.45, 2.75) is 38.6 Å². The maximum Gasteiger partial charge on any atom is 0.223 e. The molecule has 1 aliphatic heterocycles. The molecule has 3 rings (SSSR count). The van der Waals surface area contributed by atoms with Gasteiger partial charge in [0.15, 0.2) is 0 Å². The predicted octanol–water partition coefficient (Wildman–Crippen LogP) is 3.73. The van der Waals surface area contributed by atoms with Gasteiger partial charge in [0.05, 0.1) is 5.54 Å². The quantitative estimate of drug-likeness (QED) is 0.879. The lowest BCUT2D eigenvalue weighted by molar-refractivity contribution is -0.133. The molecule has 5 heteroatoms. The number of halogens is 2. The van der Waals surface area contributed by atoms with Gasteiger partial charge in [-0.2, -0.15) is 0 Å². The molecule has 0 atom stereocenters. The summed E-state index contributed by atoms with van der Waals surface area (Å²) in [7, 11) is 0. The first-order chi connectivity index (χ1) is 10.3. The summed E-state index contributed by atoms with van der Waals surface area (Å²) >= 11 is 12.6. The lowest BCUT2D eigenvalue weighted by Gasteiger charge is -2.45. The zero-order chi connectivity index (χ0) is 16.0. The molecule has 1 amide bonds. The molecule has 1 aromatic carbocycles. The van der Waals surface area contributed by atoms with Crippen molar-refractivity contribution in [3.05, 3.63) is 33.8 Å². The van der Waals surface area contributed by atoms with Crippen LogP contribution < -0.4 is 10.6 Å². The monoisotopic (exact) mass is 340 g/mol. The van der Waals surface area contributed by atoms with Crippen molar-refractivity contribution in [1.82, 2.24) is 10.6 Å². The molecule has 3 nitrogen and oxygen atoms in total. The molecule has 2 aliphatic rings. The first-order valence-corrected chi connectivity index (χ1v) is 8.56. The number of benzene rings is 1. The van der Waals surface area contributed by atoms with Gasteiger partial charge in [0.2, 0.25) is 5.91 Å². The van der Waals surface area contributed by atoms with Crippen LogP contribution in [0.15, 0.2) is 18.2 Å². The second kappa shape index (κ2) is 5.70. The van der Waals surface area contributed by atoms with E-state index in [1.165, 1.54) is 6.42 Å². The minimum absolute atomic E-state index is 0.110. The smallest absolute Gasteiger partial charge is 0.223 e. The number of carbonyl (C=O) groups excluding carboxylic acids is 1. The lowest BCUT2D eigenvalue weighted by atomic mass is 9.61. The zero-order valence-electron chi connectivity index (χ0n) is 13.0. The molecule has 120 valence electrons. The molecule has 1 saturated heterocycles. The summed E-state index contributed by atoms with van der Waals surface area (Å²) in [5.74, 6) is 0.221. The van der Waals surface area contributed by atoms with E-state index < -0.39 is 5.54 Å². The third-order valence-corrected chi connectivity index (χ3v) is 5.72. The molecule has 0 aromatic heterocycles. The van der Waals surface area contributed by atoms with Gasteiger partial charge in [-0.3, -0.25) is 4.79 Å². The Morgan fingerprint density at radius 3 is 2.50 bits per heavy atom. The summed E-state index contributed by atoms with van der Waals surface area (Å²) < 4.78 is 0. The number of carbonyl (C=O) groups is 1. The Balaban J connectivity index is 1.68. The summed E-state index contributed by atoms with van der Waals surface area (Å²) in [5.41, 5.74) is 0.570. The molecule has 0 radical (unpaired) electrons. The van der Waals surface area contributed by atoms with Crippen molar-refractivity contribution in [1.29, 1.82) is 0 Å². The van der Waals surface area contributed by atoms with Crippen LogP contribution in [0.25, 0.3) is 0 Å².